The van der Waals surface area contributed by atoms with Crippen molar-refractivity contribution >= 4 is 5.71 Å². The van der Waals surface area contributed by atoms with E-state index >= 15 is 0 Å². The number of aliphatic imine (C=N–C) groups is 1. The van der Waals surface area contributed by atoms with Gasteiger partial charge in [-0.05, 0) is 12.0 Å². The second-order valence-corrected chi connectivity index (χ2v) is 3.74. The van der Waals surface area contributed by atoms with Crippen LogP contribution in [0.15, 0.2) is 16.8 Å². The molecule has 0 spiro atoms. The van der Waals surface area contributed by atoms with Gasteiger partial charge in [-0.25, -0.2) is 0 Å². The molecule has 0 aliphatic carbocycles. The number of hydrogen-bond acceptors (Lipinski definition) is 2. The van der Waals surface area contributed by atoms with Gasteiger partial charge in [0, 0.05) is 12.1 Å². The zero-order chi connectivity index (χ0) is 11.5. The minimum absolute atomic E-state index is 0.226. The second kappa shape index (κ2) is 4.68. The maximum Gasteiger partial charge on any atom is 0.422 e. The summed E-state index contributed by atoms with van der Waals surface area (Å²) in [6.45, 7) is 3.01. The molecule has 0 atom stereocenters. The number of dihydropyridines is 1. The van der Waals surface area contributed by atoms with Crippen LogP contribution < -0.4 is 0 Å². The van der Waals surface area contributed by atoms with Crippen molar-refractivity contribution in [1.82, 2.24) is 0 Å². The highest BCUT2D eigenvalue weighted by atomic mass is 19.4. The smallest absolute Gasteiger partial charge is 0.422 e. The van der Waals surface area contributed by atoms with Gasteiger partial charge in [0.2, 0.25) is 0 Å². The van der Waals surface area contributed by atoms with Crippen LogP contribution >= 0.6 is 0 Å². The quantitative estimate of drug-likeness (QED) is 0.718. The molecule has 1 rings (SSSR count). The van der Waals surface area contributed by atoms with Gasteiger partial charge >= 0.3 is 6.18 Å². The first kappa shape index (κ1) is 12.1. The first-order chi connectivity index (χ1) is 6.88. The Morgan fingerprint density at radius 3 is 2.53 bits per heavy atom. The predicted octanol–water partition coefficient (Wildman–Crippen LogP) is 2.95. The average Bonchev–Trinajstić information content (AvgIpc) is 2.14. The van der Waals surface area contributed by atoms with Crippen LogP contribution in [0.25, 0.3) is 0 Å². The van der Waals surface area contributed by atoms with Gasteiger partial charge in [-0.3, -0.25) is 4.99 Å². The fraction of sp³-hybridized carbons (Fsp3) is 0.700. The molecule has 0 bridgehead atoms. The summed E-state index contributed by atoms with van der Waals surface area (Å²) in [7, 11) is 0. The molecule has 0 unspecified atom stereocenters. The molecule has 0 fully saturated rings. The van der Waals surface area contributed by atoms with E-state index in [4.69, 9.17) is 0 Å². The van der Waals surface area contributed by atoms with Gasteiger partial charge in [-0.15, -0.1) is 0 Å². The Morgan fingerprint density at radius 1 is 1.47 bits per heavy atom. The van der Waals surface area contributed by atoms with Crippen LogP contribution in [0.2, 0.25) is 0 Å². The molecule has 15 heavy (non-hydrogen) atoms. The number of hydrogen-bond donors (Lipinski definition) is 0. The summed E-state index contributed by atoms with van der Waals surface area (Å²) in [5.41, 5.74) is 1.01. The molecule has 86 valence electrons. The highest BCUT2D eigenvalue weighted by Crippen LogP contribution is 2.19. The Labute approximate surface area is 86.8 Å². The third-order valence-electron chi connectivity index (χ3n) is 2.06. The summed E-state index contributed by atoms with van der Waals surface area (Å²) < 4.78 is 40.1. The first-order valence-electron chi connectivity index (χ1n) is 4.80. The minimum atomic E-state index is -4.27. The van der Waals surface area contributed by atoms with Crippen molar-refractivity contribution in [3.63, 3.8) is 0 Å². The number of allylic oxidation sites excluding steroid dienone is 1. The standard InChI is InChI=1S/C10H14F3NO/c1-7(2)9-4-3-8(5-14-9)15-6-10(11,12)13/h3,7H,4-6H2,1-2H3. The number of alkyl halides is 3. The van der Waals surface area contributed by atoms with Crippen LogP contribution in [-0.4, -0.2) is 25.0 Å². The topological polar surface area (TPSA) is 21.6 Å². The Bertz CT molecular complexity index is 279. The highest BCUT2D eigenvalue weighted by Gasteiger charge is 2.29. The lowest BCUT2D eigenvalue weighted by Gasteiger charge is -2.17. The van der Waals surface area contributed by atoms with E-state index in [1.54, 1.807) is 6.08 Å². The zero-order valence-electron chi connectivity index (χ0n) is 8.77. The van der Waals surface area contributed by atoms with E-state index in [1.165, 1.54) is 0 Å². The maximum absolute atomic E-state index is 11.8. The van der Waals surface area contributed by atoms with Crippen molar-refractivity contribution in [3.8, 4) is 0 Å². The third-order valence-corrected chi connectivity index (χ3v) is 2.06. The molecule has 1 aliphatic rings. The predicted molar refractivity (Wildman–Crippen MR) is 51.8 cm³/mol. The van der Waals surface area contributed by atoms with Crippen molar-refractivity contribution < 1.29 is 17.9 Å². The number of halogens is 3. The van der Waals surface area contributed by atoms with Crippen molar-refractivity contribution in [2.75, 3.05) is 13.2 Å². The molecule has 0 aromatic carbocycles. The molecule has 1 heterocycles. The number of rotatable bonds is 3. The van der Waals surface area contributed by atoms with E-state index < -0.39 is 12.8 Å². The van der Waals surface area contributed by atoms with E-state index in [0.29, 0.717) is 18.1 Å². The molecule has 0 saturated carbocycles. The summed E-state index contributed by atoms with van der Waals surface area (Å²) >= 11 is 0. The molecule has 0 saturated heterocycles. The van der Waals surface area contributed by atoms with Gasteiger partial charge < -0.3 is 4.74 Å². The molecular formula is C10H14F3NO. The first-order valence-corrected chi connectivity index (χ1v) is 4.80. The molecule has 0 amide bonds. The summed E-state index contributed by atoms with van der Waals surface area (Å²) in [5, 5.41) is 0. The van der Waals surface area contributed by atoms with Crippen LogP contribution in [0.3, 0.4) is 0 Å². The van der Waals surface area contributed by atoms with Crippen molar-refractivity contribution in [3.05, 3.63) is 11.8 Å². The monoisotopic (exact) mass is 221 g/mol. The van der Waals surface area contributed by atoms with E-state index in [9.17, 15) is 13.2 Å². The Balaban J connectivity index is 2.37. The molecule has 0 N–H and O–H groups in total. The van der Waals surface area contributed by atoms with E-state index in [-0.39, 0.29) is 6.54 Å². The lowest BCUT2D eigenvalue weighted by atomic mass is 10.0. The van der Waals surface area contributed by atoms with Gasteiger partial charge in [-0.1, -0.05) is 13.8 Å². The van der Waals surface area contributed by atoms with Crippen LogP contribution in [-0.2, 0) is 4.74 Å². The van der Waals surface area contributed by atoms with Crippen molar-refractivity contribution in [1.29, 1.82) is 0 Å². The van der Waals surface area contributed by atoms with Crippen LogP contribution in [0.4, 0.5) is 13.2 Å². The lowest BCUT2D eigenvalue weighted by molar-refractivity contribution is -0.164. The SMILES string of the molecule is CC(C)C1=NCC(OCC(F)(F)F)=CC1. The fourth-order valence-corrected chi connectivity index (χ4v) is 1.22. The minimum Gasteiger partial charge on any atom is -0.487 e. The zero-order valence-corrected chi connectivity index (χ0v) is 8.77. The number of nitrogens with zero attached hydrogens (tertiary/aromatic N) is 1. The van der Waals surface area contributed by atoms with Crippen LogP contribution in [0, 0.1) is 5.92 Å². The molecule has 5 heteroatoms. The van der Waals surface area contributed by atoms with Gasteiger partial charge in [0.25, 0.3) is 0 Å². The summed E-state index contributed by atoms with van der Waals surface area (Å²) in [4.78, 5) is 4.17. The van der Waals surface area contributed by atoms with Crippen molar-refractivity contribution in [2.45, 2.75) is 26.4 Å². The molecule has 0 radical (unpaired) electrons. The maximum atomic E-state index is 11.8. The van der Waals surface area contributed by atoms with Gasteiger partial charge in [0.05, 0.1) is 6.54 Å². The van der Waals surface area contributed by atoms with Gasteiger partial charge in [-0.2, -0.15) is 13.2 Å². The van der Waals surface area contributed by atoms with Crippen LogP contribution in [0.1, 0.15) is 20.3 Å². The summed E-state index contributed by atoms with van der Waals surface area (Å²) in [6.07, 6.45) is -2.01. The van der Waals surface area contributed by atoms with E-state index in [2.05, 4.69) is 9.73 Å². The summed E-state index contributed by atoms with van der Waals surface area (Å²) in [6, 6.07) is 0. The Morgan fingerprint density at radius 2 is 2.13 bits per heavy atom. The van der Waals surface area contributed by atoms with E-state index in [0.717, 1.165) is 5.71 Å². The Kier molecular flexibility index (Phi) is 3.77. The Hall–Kier alpha value is -1.00. The molecule has 0 aromatic heterocycles. The normalized spacial score (nSPS) is 17.5. The molecule has 1 aliphatic heterocycles. The van der Waals surface area contributed by atoms with Crippen LogP contribution in [0.5, 0.6) is 0 Å². The number of ether oxygens (including phenoxy) is 1. The molecule has 0 aromatic rings. The largest absolute Gasteiger partial charge is 0.487 e. The van der Waals surface area contributed by atoms with Gasteiger partial charge in [0.15, 0.2) is 6.61 Å². The molecule has 2 nitrogen and oxygen atoms in total. The van der Waals surface area contributed by atoms with Gasteiger partial charge in [0.1, 0.15) is 5.76 Å². The summed E-state index contributed by atoms with van der Waals surface area (Å²) in [5.74, 6) is 0.655. The average molecular weight is 221 g/mol. The highest BCUT2D eigenvalue weighted by molar-refractivity contribution is 5.88. The third kappa shape index (κ3) is 4.36. The van der Waals surface area contributed by atoms with E-state index in [1.807, 2.05) is 13.8 Å². The van der Waals surface area contributed by atoms with Crippen molar-refractivity contribution in [2.24, 2.45) is 10.9 Å². The second-order valence-electron chi connectivity index (χ2n) is 3.74. The lowest BCUT2D eigenvalue weighted by Crippen LogP contribution is -2.19. The molecular weight excluding hydrogens is 207 g/mol. The fourth-order valence-electron chi connectivity index (χ4n) is 1.22.